The second-order valence-corrected chi connectivity index (χ2v) is 10.5. The number of carbonyl (C=O) groups excluding carboxylic acids is 1. The molecule has 11 nitrogen and oxygen atoms in total. The first-order valence-corrected chi connectivity index (χ1v) is 13.8. The standard InChI is InChI=1S/C27H29N5O4.C2HF3O2/c1-3-5-6-10-31-21(12-28)29-18-8-7-9-19-22(18)24(31)15-13-32-20(23(15)30-19)11-17-16(25(32)33)14-36-26(34)27(17,35)4-2;3-2(4,5)1(6)7/h7-9,11,35H,3-6,10,12-14,28H2,1-2H3;(H,6,7)/t27-;/m0./s1. The number of halogens is 3. The topological polar surface area (TPSA) is 160 Å². The lowest BCUT2D eigenvalue weighted by atomic mass is 9.86. The fraction of sp³-hybridized carbons (Fsp3) is 0.414. The number of carbonyl (C=O) groups is 2. The minimum atomic E-state index is -5.08. The van der Waals surface area contributed by atoms with Gasteiger partial charge in [-0.25, -0.2) is 19.6 Å². The van der Waals surface area contributed by atoms with Crippen LogP contribution in [0, 0.1) is 0 Å². The molecule has 0 radical (unpaired) electrons. The summed E-state index contributed by atoms with van der Waals surface area (Å²) in [5.41, 5.74) is 9.50. The molecule has 1 atom stereocenters. The van der Waals surface area contributed by atoms with E-state index in [1.807, 2.05) is 18.2 Å². The summed E-state index contributed by atoms with van der Waals surface area (Å²) in [6.45, 7) is 5.12. The fourth-order valence-corrected chi connectivity index (χ4v) is 5.72. The number of carboxylic acids is 1. The second-order valence-electron chi connectivity index (χ2n) is 10.5. The maximum absolute atomic E-state index is 13.6. The van der Waals surface area contributed by atoms with E-state index in [2.05, 4.69) is 11.8 Å². The van der Waals surface area contributed by atoms with Crippen LogP contribution in [0.1, 0.15) is 56.2 Å². The Morgan fingerprint density at radius 1 is 1.19 bits per heavy atom. The smallest absolute Gasteiger partial charge is 0.475 e. The Bertz CT molecular complexity index is 1730. The molecule has 5 heterocycles. The van der Waals surface area contributed by atoms with Crippen molar-refractivity contribution in [1.29, 1.82) is 0 Å². The molecule has 0 amide bonds. The zero-order chi connectivity index (χ0) is 31.3. The SMILES string of the molecule is CCCCCN1C(CN)=Nc2cccc3nc4c(c1c23)Cn1c-4cc2c(c1=O)COC(=O)[C@]2(O)CC.O=C(O)C(F)(F)F. The van der Waals surface area contributed by atoms with Gasteiger partial charge in [-0.2, -0.15) is 13.2 Å². The Labute approximate surface area is 243 Å². The summed E-state index contributed by atoms with van der Waals surface area (Å²) in [7, 11) is 0. The first-order valence-electron chi connectivity index (χ1n) is 13.8. The van der Waals surface area contributed by atoms with E-state index < -0.39 is 23.7 Å². The number of aromatic nitrogens is 2. The molecular formula is C29H30F3N5O6. The highest BCUT2D eigenvalue weighted by Crippen LogP contribution is 2.47. The Morgan fingerprint density at radius 2 is 1.91 bits per heavy atom. The molecule has 6 rings (SSSR count). The molecule has 3 aromatic rings. The third-order valence-corrected chi connectivity index (χ3v) is 7.90. The molecule has 0 fully saturated rings. The molecule has 3 aliphatic rings. The van der Waals surface area contributed by atoms with Gasteiger partial charge in [0, 0.05) is 17.7 Å². The van der Waals surface area contributed by atoms with Crippen molar-refractivity contribution >= 4 is 40.1 Å². The third kappa shape index (κ3) is 4.93. The number of unbranched alkanes of at least 4 members (excludes halogenated alkanes) is 2. The van der Waals surface area contributed by atoms with Crippen molar-refractivity contribution in [3.8, 4) is 11.4 Å². The highest BCUT2D eigenvalue weighted by Gasteiger charge is 2.46. The number of benzene rings is 1. The average Bonchev–Trinajstić information content (AvgIpc) is 3.34. The number of hydrogen-bond acceptors (Lipinski definition) is 9. The number of anilines is 1. The van der Waals surface area contributed by atoms with Gasteiger partial charge < -0.3 is 30.2 Å². The van der Waals surface area contributed by atoms with E-state index in [1.54, 1.807) is 17.6 Å². The van der Waals surface area contributed by atoms with Gasteiger partial charge in [0.15, 0.2) is 5.60 Å². The zero-order valence-corrected chi connectivity index (χ0v) is 23.5. The van der Waals surface area contributed by atoms with Gasteiger partial charge in [0.1, 0.15) is 12.4 Å². The van der Waals surface area contributed by atoms with Crippen LogP contribution in [-0.2, 0) is 33.1 Å². The predicted molar refractivity (Wildman–Crippen MR) is 151 cm³/mol. The zero-order valence-electron chi connectivity index (χ0n) is 23.5. The van der Waals surface area contributed by atoms with Crippen LogP contribution in [0.5, 0.6) is 0 Å². The quantitative estimate of drug-likeness (QED) is 0.221. The molecule has 0 saturated carbocycles. The number of pyridine rings is 2. The van der Waals surface area contributed by atoms with Gasteiger partial charge in [-0.05, 0) is 31.0 Å². The van der Waals surface area contributed by atoms with E-state index in [1.165, 1.54) is 0 Å². The number of fused-ring (bicyclic) bond motifs is 5. The number of nitrogens with two attached hydrogens (primary N) is 1. The number of aliphatic hydroxyl groups is 1. The molecule has 0 bridgehead atoms. The van der Waals surface area contributed by atoms with Crippen LogP contribution in [0.3, 0.4) is 0 Å². The largest absolute Gasteiger partial charge is 0.490 e. The molecule has 2 aromatic heterocycles. The van der Waals surface area contributed by atoms with E-state index in [0.717, 1.165) is 59.5 Å². The molecule has 228 valence electrons. The monoisotopic (exact) mass is 601 g/mol. The number of nitrogens with zero attached hydrogens (tertiary/aromatic N) is 4. The van der Waals surface area contributed by atoms with Crippen molar-refractivity contribution < 1.29 is 37.7 Å². The van der Waals surface area contributed by atoms with Crippen LogP contribution in [-0.4, -0.2) is 56.8 Å². The third-order valence-electron chi connectivity index (χ3n) is 7.90. The van der Waals surface area contributed by atoms with Crippen molar-refractivity contribution in [3.05, 3.63) is 51.3 Å². The number of rotatable bonds is 6. The maximum atomic E-state index is 13.6. The Morgan fingerprint density at radius 3 is 2.53 bits per heavy atom. The number of aliphatic carboxylic acids is 1. The minimum absolute atomic E-state index is 0.107. The van der Waals surface area contributed by atoms with Gasteiger partial charge in [0.2, 0.25) is 0 Å². The number of carboxylic acid groups (broad SMARTS) is 1. The van der Waals surface area contributed by atoms with E-state index in [0.29, 0.717) is 35.6 Å². The number of ether oxygens (including phenoxy) is 1. The summed E-state index contributed by atoms with van der Waals surface area (Å²) in [5, 5.41) is 19.3. The fourth-order valence-electron chi connectivity index (χ4n) is 5.72. The summed E-state index contributed by atoms with van der Waals surface area (Å²) in [4.78, 5) is 47.1. The number of cyclic esters (lactones) is 1. The Kier molecular flexibility index (Phi) is 7.77. The normalized spacial score (nSPS) is 18.3. The van der Waals surface area contributed by atoms with Crippen LogP contribution in [0.25, 0.3) is 22.3 Å². The van der Waals surface area contributed by atoms with Crippen molar-refractivity contribution in [2.24, 2.45) is 10.7 Å². The lowest BCUT2D eigenvalue weighted by molar-refractivity contribution is -0.192. The van der Waals surface area contributed by atoms with Crippen LogP contribution in [0.2, 0.25) is 0 Å². The molecule has 0 unspecified atom stereocenters. The number of hydrogen-bond donors (Lipinski definition) is 3. The first kappa shape index (κ1) is 30.2. The van der Waals surface area contributed by atoms with Crippen molar-refractivity contribution in [2.75, 3.05) is 18.0 Å². The molecule has 1 aromatic carbocycles. The second kappa shape index (κ2) is 11.1. The van der Waals surface area contributed by atoms with E-state index in [-0.39, 0.29) is 18.6 Å². The lowest BCUT2D eigenvalue weighted by Crippen LogP contribution is -2.44. The Balaban J connectivity index is 0.000000472. The molecule has 0 saturated heterocycles. The number of alkyl halides is 3. The summed E-state index contributed by atoms with van der Waals surface area (Å²) in [6, 6.07) is 7.60. The summed E-state index contributed by atoms with van der Waals surface area (Å²) in [6.07, 6.45) is -1.81. The summed E-state index contributed by atoms with van der Waals surface area (Å²) >= 11 is 0. The van der Waals surface area contributed by atoms with Crippen LogP contribution in [0.4, 0.5) is 24.5 Å². The van der Waals surface area contributed by atoms with Gasteiger partial charge in [0.25, 0.3) is 5.56 Å². The number of esters is 1. The highest BCUT2D eigenvalue weighted by atomic mass is 19.4. The molecular weight excluding hydrogens is 571 g/mol. The van der Waals surface area contributed by atoms with E-state index >= 15 is 0 Å². The van der Waals surface area contributed by atoms with Crippen LogP contribution < -0.4 is 16.2 Å². The average molecular weight is 602 g/mol. The lowest BCUT2D eigenvalue weighted by Gasteiger charge is -2.32. The molecule has 43 heavy (non-hydrogen) atoms. The van der Waals surface area contributed by atoms with Gasteiger partial charge >= 0.3 is 18.1 Å². The molecule has 0 aliphatic carbocycles. The summed E-state index contributed by atoms with van der Waals surface area (Å²) in [5.74, 6) is -2.69. The van der Waals surface area contributed by atoms with Gasteiger partial charge in [0.05, 0.1) is 52.3 Å². The minimum Gasteiger partial charge on any atom is -0.475 e. The Hall–Kier alpha value is -4.30. The number of aliphatic imine (C=N–C) groups is 1. The first-order chi connectivity index (χ1) is 20.4. The maximum Gasteiger partial charge on any atom is 0.490 e. The highest BCUT2D eigenvalue weighted by molar-refractivity contribution is 6.16. The summed E-state index contributed by atoms with van der Waals surface area (Å²) < 4.78 is 38.6. The van der Waals surface area contributed by atoms with Crippen molar-refractivity contribution in [2.45, 2.75) is 64.5 Å². The van der Waals surface area contributed by atoms with Gasteiger partial charge in [-0.1, -0.05) is 32.8 Å². The molecule has 14 heteroatoms. The van der Waals surface area contributed by atoms with Crippen LogP contribution >= 0.6 is 0 Å². The van der Waals surface area contributed by atoms with Crippen molar-refractivity contribution in [1.82, 2.24) is 9.55 Å². The van der Waals surface area contributed by atoms with Crippen molar-refractivity contribution in [3.63, 3.8) is 0 Å². The molecule has 3 aliphatic heterocycles. The van der Waals surface area contributed by atoms with Gasteiger partial charge in [-0.15, -0.1) is 0 Å². The number of amidine groups is 1. The molecule has 4 N–H and O–H groups in total. The van der Waals surface area contributed by atoms with Crippen LogP contribution in [0.15, 0.2) is 34.1 Å². The van der Waals surface area contributed by atoms with E-state index in [4.69, 9.17) is 30.3 Å². The van der Waals surface area contributed by atoms with Gasteiger partial charge in [-0.3, -0.25) is 4.79 Å². The van der Waals surface area contributed by atoms with E-state index in [9.17, 15) is 27.9 Å². The predicted octanol–water partition coefficient (Wildman–Crippen LogP) is 3.71. The molecule has 0 spiro atoms.